The molecular formula is C7H6NO2. The molecule has 1 aromatic rings. The van der Waals surface area contributed by atoms with Crippen molar-refractivity contribution in [2.24, 2.45) is 5.73 Å². The summed E-state index contributed by atoms with van der Waals surface area (Å²) in [5.41, 5.74) is 5.65. The summed E-state index contributed by atoms with van der Waals surface area (Å²) in [6.07, 6.45) is 4.17. The molecule has 0 fully saturated rings. The van der Waals surface area contributed by atoms with E-state index in [1.165, 1.54) is 6.26 Å². The van der Waals surface area contributed by atoms with Gasteiger partial charge in [0.05, 0.1) is 12.0 Å². The van der Waals surface area contributed by atoms with Crippen LogP contribution >= 0.6 is 0 Å². The fourth-order valence-electron chi connectivity index (χ4n) is 0.577. The number of hydrogen-bond acceptors (Lipinski definition) is 3. The molecule has 0 aliphatic rings. The number of furan rings is 1. The lowest BCUT2D eigenvalue weighted by atomic mass is 10.3. The van der Waals surface area contributed by atoms with Gasteiger partial charge >= 0.3 is 0 Å². The molecule has 10 heavy (non-hydrogen) atoms. The molecule has 0 unspecified atom stereocenters. The van der Waals surface area contributed by atoms with Crippen molar-refractivity contribution < 1.29 is 9.21 Å². The SMILES string of the molecule is N/C(=C\[C]=O)c1ccco1. The van der Waals surface area contributed by atoms with Gasteiger partial charge in [0.1, 0.15) is 5.76 Å². The van der Waals surface area contributed by atoms with Crippen molar-refractivity contribution in [1.82, 2.24) is 0 Å². The van der Waals surface area contributed by atoms with Crippen LogP contribution in [0, 0.1) is 0 Å². The van der Waals surface area contributed by atoms with Crippen LogP contribution in [0.1, 0.15) is 5.76 Å². The van der Waals surface area contributed by atoms with Crippen molar-refractivity contribution in [3.05, 3.63) is 30.2 Å². The Hall–Kier alpha value is -1.51. The van der Waals surface area contributed by atoms with Crippen LogP contribution in [-0.4, -0.2) is 6.29 Å². The van der Waals surface area contributed by atoms with E-state index in [1.807, 2.05) is 0 Å². The highest BCUT2D eigenvalue weighted by atomic mass is 16.3. The molecular weight excluding hydrogens is 130 g/mol. The van der Waals surface area contributed by atoms with Crippen LogP contribution in [0.25, 0.3) is 5.70 Å². The van der Waals surface area contributed by atoms with E-state index in [0.717, 1.165) is 6.08 Å². The average Bonchev–Trinajstić information content (AvgIpc) is 2.38. The lowest BCUT2D eigenvalue weighted by molar-refractivity contribution is 0.550. The molecule has 1 aromatic heterocycles. The standard InChI is InChI=1S/C7H6NO2/c8-6(3-4-9)7-2-1-5-10-7/h1-3,5H,8H2/b6-3-. The van der Waals surface area contributed by atoms with Gasteiger partial charge in [0, 0.05) is 6.08 Å². The molecule has 0 bridgehead atoms. The molecule has 2 N–H and O–H groups in total. The van der Waals surface area contributed by atoms with Gasteiger partial charge in [-0.1, -0.05) is 0 Å². The van der Waals surface area contributed by atoms with Crippen molar-refractivity contribution in [1.29, 1.82) is 0 Å². The quantitative estimate of drug-likeness (QED) is 0.608. The first-order valence-corrected chi connectivity index (χ1v) is 2.72. The predicted molar refractivity (Wildman–Crippen MR) is 36.6 cm³/mol. The molecule has 0 amide bonds. The number of carbonyl (C=O) groups excluding carboxylic acids is 1. The number of hydrogen-bond donors (Lipinski definition) is 1. The molecule has 0 aliphatic heterocycles. The van der Waals surface area contributed by atoms with Gasteiger partial charge in [-0.3, -0.25) is 4.79 Å². The van der Waals surface area contributed by atoms with Gasteiger partial charge in [-0.15, -0.1) is 0 Å². The zero-order chi connectivity index (χ0) is 7.40. The largest absolute Gasteiger partial charge is 0.463 e. The predicted octanol–water partition coefficient (Wildman–Crippen LogP) is 0.689. The third kappa shape index (κ3) is 1.25. The van der Waals surface area contributed by atoms with E-state index in [-0.39, 0.29) is 0 Å². The van der Waals surface area contributed by atoms with Gasteiger partial charge < -0.3 is 10.2 Å². The average molecular weight is 136 g/mol. The molecule has 3 heteroatoms. The summed E-state index contributed by atoms with van der Waals surface area (Å²) in [6, 6.07) is 3.37. The van der Waals surface area contributed by atoms with Crippen LogP contribution in [0.4, 0.5) is 0 Å². The van der Waals surface area contributed by atoms with Gasteiger partial charge in [0.15, 0.2) is 0 Å². The lowest BCUT2D eigenvalue weighted by Crippen LogP contribution is -1.93. The fourth-order valence-corrected chi connectivity index (χ4v) is 0.577. The van der Waals surface area contributed by atoms with Crippen molar-refractivity contribution in [3.63, 3.8) is 0 Å². The lowest BCUT2D eigenvalue weighted by Gasteiger charge is -1.89. The second kappa shape index (κ2) is 2.87. The summed E-state index contributed by atoms with van der Waals surface area (Å²) < 4.78 is 4.88. The molecule has 0 atom stereocenters. The Morgan fingerprint density at radius 1 is 1.80 bits per heavy atom. The highest BCUT2D eigenvalue weighted by Crippen LogP contribution is 2.07. The molecule has 0 aromatic carbocycles. The van der Waals surface area contributed by atoms with E-state index in [0.29, 0.717) is 11.5 Å². The Kier molecular flexibility index (Phi) is 1.89. The smallest absolute Gasteiger partial charge is 0.227 e. The second-order valence-electron chi connectivity index (χ2n) is 1.69. The van der Waals surface area contributed by atoms with E-state index >= 15 is 0 Å². The first kappa shape index (κ1) is 6.61. The van der Waals surface area contributed by atoms with Gasteiger partial charge in [-0.25, -0.2) is 0 Å². The second-order valence-corrected chi connectivity index (χ2v) is 1.69. The van der Waals surface area contributed by atoms with E-state index in [4.69, 9.17) is 10.2 Å². The summed E-state index contributed by atoms with van der Waals surface area (Å²) in [4.78, 5) is 9.79. The van der Waals surface area contributed by atoms with Crippen molar-refractivity contribution in [2.45, 2.75) is 0 Å². The highest BCUT2D eigenvalue weighted by Gasteiger charge is 1.96. The molecule has 0 saturated heterocycles. The first-order valence-electron chi connectivity index (χ1n) is 2.72. The van der Waals surface area contributed by atoms with E-state index in [9.17, 15) is 4.79 Å². The van der Waals surface area contributed by atoms with Gasteiger partial charge in [-0.05, 0) is 12.1 Å². The van der Waals surface area contributed by atoms with E-state index in [1.54, 1.807) is 18.4 Å². The summed E-state index contributed by atoms with van der Waals surface area (Å²) in [5.74, 6) is 0.489. The van der Waals surface area contributed by atoms with Crippen LogP contribution in [0.5, 0.6) is 0 Å². The first-order chi connectivity index (χ1) is 4.84. The Morgan fingerprint density at radius 2 is 2.60 bits per heavy atom. The summed E-state index contributed by atoms with van der Waals surface area (Å²) in [7, 11) is 0. The van der Waals surface area contributed by atoms with Crippen molar-refractivity contribution in [2.75, 3.05) is 0 Å². The normalized spacial score (nSPS) is 11.4. The van der Waals surface area contributed by atoms with Gasteiger partial charge in [0.25, 0.3) is 0 Å². The maximum atomic E-state index is 9.79. The maximum absolute atomic E-state index is 9.79. The van der Waals surface area contributed by atoms with Crippen LogP contribution in [0.15, 0.2) is 28.9 Å². The zero-order valence-corrected chi connectivity index (χ0v) is 5.20. The van der Waals surface area contributed by atoms with Crippen molar-refractivity contribution in [3.8, 4) is 0 Å². The number of nitrogens with two attached hydrogens (primary N) is 1. The third-order valence-corrected chi connectivity index (χ3v) is 1.02. The monoisotopic (exact) mass is 136 g/mol. The minimum absolute atomic E-state index is 0.292. The molecule has 0 spiro atoms. The van der Waals surface area contributed by atoms with Gasteiger partial charge in [0.2, 0.25) is 6.29 Å². The van der Waals surface area contributed by atoms with Crippen molar-refractivity contribution >= 4 is 12.0 Å². The Morgan fingerprint density at radius 3 is 3.10 bits per heavy atom. The van der Waals surface area contributed by atoms with E-state index < -0.39 is 0 Å². The molecule has 51 valence electrons. The van der Waals surface area contributed by atoms with Crippen LogP contribution in [0.3, 0.4) is 0 Å². The molecule has 0 aliphatic carbocycles. The van der Waals surface area contributed by atoms with E-state index in [2.05, 4.69) is 0 Å². The molecule has 1 heterocycles. The summed E-state index contributed by atoms with van der Waals surface area (Å²) in [5, 5.41) is 0. The van der Waals surface area contributed by atoms with Crippen LogP contribution in [-0.2, 0) is 4.79 Å². The molecule has 1 rings (SSSR count). The third-order valence-electron chi connectivity index (χ3n) is 1.02. The Bertz CT molecular complexity index is 236. The minimum Gasteiger partial charge on any atom is -0.463 e. The summed E-state index contributed by atoms with van der Waals surface area (Å²) in [6.45, 7) is 0. The van der Waals surface area contributed by atoms with Crippen LogP contribution in [0.2, 0.25) is 0 Å². The minimum atomic E-state index is 0.292. The molecule has 3 nitrogen and oxygen atoms in total. The summed E-state index contributed by atoms with van der Waals surface area (Å²) >= 11 is 0. The fraction of sp³-hybridized carbons (Fsp3) is 0. The molecule has 1 radical (unpaired) electrons. The highest BCUT2D eigenvalue weighted by molar-refractivity contribution is 5.78. The topological polar surface area (TPSA) is 56.2 Å². The van der Waals surface area contributed by atoms with Crippen LogP contribution < -0.4 is 5.73 Å². The zero-order valence-electron chi connectivity index (χ0n) is 5.20. The number of rotatable bonds is 2. The Balaban J connectivity index is 2.86. The van der Waals surface area contributed by atoms with Gasteiger partial charge in [-0.2, -0.15) is 0 Å². The maximum Gasteiger partial charge on any atom is 0.227 e. The number of allylic oxidation sites excluding steroid dienone is 1. The molecule has 0 saturated carbocycles. The Labute approximate surface area is 58.1 Å².